The van der Waals surface area contributed by atoms with Gasteiger partial charge in [0.2, 0.25) is 11.8 Å². The molecule has 0 saturated carbocycles. The second-order valence-corrected chi connectivity index (χ2v) is 21.0. The van der Waals surface area contributed by atoms with Crippen molar-refractivity contribution in [1.29, 1.82) is 0 Å². The van der Waals surface area contributed by atoms with Crippen molar-refractivity contribution in [2.75, 3.05) is 52.0 Å². The van der Waals surface area contributed by atoms with Crippen molar-refractivity contribution in [2.24, 2.45) is 27.5 Å². The van der Waals surface area contributed by atoms with E-state index in [-0.39, 0.29) is 29.5 Å². The van der Waals surface area contributed by atoms with E-state index in [9.17, 15) is 46.2 Å². The van der Waals surface area contributed by atoms with E-state index in [0.717, 1.165) is 82.7 Å². The summed E-state index contributed by atoms with van der Waals surface area (Å²) < 4.78 is 100. The van der Waals surface area contributed by atoms with E-state index in [0.29, 0.717) is 48.7 Å². The summed E-state index contributed by atoms with van der Waals surface area (Å²) >= 11 is 0. The molecule has 1 aromatic heterocycles. The SMILES string of the molecule is COC(=O)C[C@H](C(=O)NN(Cc1ccc(C(C=NC(F)F)=CN)cc1F)C[C@H](O)[C@H](Cc1ccc(C#Cc2ccc(N3CC4CCC(C3)N4C3COC3)nc2)cc1)NC(=O)[C@@H](NC(=O)OC)C(C)(C)C(F)(F)F)C(C)(C)C. The van der Waals surface area contributed by atoms with Crippen LogP contribution in [-0.2, 0) is 41.6 Å². The number of methoxy groups -OCH3 is 2. The van der Waals surface area contributed by atoms with Crippen molar-refractivity contribution < 1.29 is 64.8 Å². The van der Waals surface area contributed by atoms with Crippen LogP contribution in [0.2, 0.25) is 0 Å². The molecule has 0 aliphatic carbocycles. The highest BCUT2D eigenvalue weighted by Gasteiger charge is 2.56. The molecule has 77 heavy (non-hydrogen) atoms. The summed E-state index contributed by atoms with van der Waals surface area (Å²) in [6, 6.07) is 11.7. The first-order valence-electron chi connectivity index (χ1n) is 25.0. The van der Waals surface area contributed by atoms with E-state index in [2.05, 4.69) is 42.1 Å². The molecule has 3 aliphatic heterocycles. The fourth-order valence-electron chi connectivity index (χ4n) is 9.54. The van der Waals surface area contributed by atoms with E-state index < -0.39 is 90.4 Å². The molecule has 0 radical (unpaired) electrons. The molecule has 4 heterocycles. The van der Waals surface area contributed by atoms with Crippen LogP contribution >= 0.6 is 0 Å². The lowest BCUT2D eigenvalue weighted by Crippen LogP contribution is -2.62. The van der Waals surface area contributed by atoms with Crippen molar-refractivity contribution in [1.82, 2.24) is 31.0 Å². The zero-order valence-corrected chi connectivity index (χ0v) is 44.0. The van der Waals surface area contributed by atoms with Crippen LogP contribution in [-0.4, -0.2) is 146 Å². The van der Waals surface area contributed by atoms with Crippen molar-refractivity contribution in [2.45, 2.75) is 116 Å². The van der Waals surface area contributed by atoms with Crippen LogP contribution in [0.4, 0.5) is 37.0 Å². The number of nitrogens with one attached hydrogen (secondary N) is 3. The number of hydrogen-bond donors (Lipinski definition) is 5. The molecule has 2 bridgehead atoms. The van der Waals surface area contributed by atoms with Gasteiger partial charge in [0, 0.05) is 79.1 Å². The number of carbonyl (C=O) groups is 4. The Balaban J connectivity index is 1.27. The summed E-state index contributed by atoms with van der Waals surface area (Å²) in [7, 11) is 2.05. The number of aromatic nitrogens is 1. The maximum atomic E-state index is 16.0. The Hall–Kier alpha value is -6.74. The first-order chi connectivity index (χ1) is 36.3. The minimum absolute atomic E-state index is 0.0477. The number of hydrogen-bond acceptors (Lipinski definition) is 14. The molecular weight excluding hydrogens is 1020 g/mol. The van der Waals surface area contributed by atoms with Crippen LogP contribution in [0.5, 0.6) is 0 Å². The van der Waals surface area contributed by atoms with E-state index in [4.69, 9.17) is 20.2 Å². The van der Waals surface area contributed by atoms with Gasteiger partial charge in [0.1, 0.15) is 17.7 Å². The van der Waals surface area contributed by atoms with Gasteiger partial charge in [0.05, 0.1) is 63.4 Å². The Morgan fingerprint density at radius 1 is 0.922 bits per heavy atom. The number of halogens is 6. The molecule has 418 valence electrons. The Morgan fingerprint density at radius 3 is 2.10 bits per heavy atom. The van der Waals surface area contributed by atoms with Crippen molar-refractivity contribution >= 4 is 41.5 Å². The first kappa shape index (κ1) is 59.5. The van der Waals surface area contributed by atoms with Gasteiger partial charge < -0.3 is 40.6 Å². The lowest BCUT2D eigenvalue weighted by molar-refractivity contribution is -0.220. The molecule has 0 spiro atoms. The maximum absolute atomic E-state index is 16.0. The van der Waals surface area contributed by atoms with E-state index in [1.165, 1.54) is 12.1 Å². The van der Waals surface area contributed by atoms with Gasteiger partial charge >= 0.3 is 24.8 Å². The summed E-state index contributed by atoms with van der Waals surface area (Å²) in [4.78, 5) is 65.8. The number of aliphatic hydroxyl groups excluding tert-OH is 1. The number of anilines is 1. The van der Waals surface area contributed by atoms with E-state index >= 15 is 4.39 Å². The topological polar surface area (TPSA) is 213 Å². The van der Waals surface area contributed by atoms with Gasteiger partial charge in [0.25, 0.3) is 0 Å². The summed E-state index contributed by atoms with van der Waals surface area (Å²) in [5.41, 5.74) is 6.09. The zero-order valence-electron chi connectivity index (χ0n) is 44.0. The number of alkyl halides is 5. The number of fused-ring (bicyclic) bond motifs is 2. The zero-order chi connectivity index (χ0) is 56.4. The van der Waals surface area contributed by atoms with E-state index in [1.54, 1.807) is 51.2 Å². The molecule has 3 fully saturated rings. The third-order valence-corrected chi connectivity index (χ3v) is 14.3. The van der Waals surface area contributed by atoms with Crippen molar-refractivity contribution in [3.05, 3.63) is 101 Å². The van der Waals surface area contributed by atoms with Gasteiger partial charge in [0.15, 0.2) is 0 Å². The Morgan fingerprint density at radius 2 is 1.57 bits per heavy atom. The molecule has 23 heteroatoms. The molecule has 2 unspecified atom stereocenters. The number of carbonyl (C=O) groups excluding carboxylic acids is 4. The average Bonchev–Trinajstić information content (AvgIpc) is 3.59. The fraction of sp³-hybridized carbons (Fsp3) is 0.519. The number of nitrogens with zero attached hydrogens (tertiary/aromatic N) is 5. The number of nitrogens with two attached hydrogens (primary N) is 1. The smallest absolute Gasteiger partial charge is 0.407 e. The number of hydrazine groups is 1. The number of rotatable bonds is 20. The normalized spacial score (nSPS) is 19.0. The lowest BCUT2D eigenvalue weighted by atomic mass is 9.78. The molecule has 17 nitrogen and oxygen atoms in total. The molecule has 6 atom stereocenters. The number of ether oxygens (including phenoxy) is 3. The number of aliphatic hydroxyl groups is 1. The standard InChI is InChI=1S/C54H67F6N9O8/c1-52(2,3)41(22-46(71)75-6)48(72)66-68(26-36-16-15-35(21-42(36)55)37(23-61)25-63-50(56)57)29-44(70)43(64-49(73)47(65-51(74)76-7)53(4,5)54(58,59)60)20-33-11-8-32(9-12-33)10-13-34-14-19-45(62-24-34)67-27-38-17-18-39(28-67)69(38)40-30-77-31-40/h8-9,11-12,14-16,19,21,23-25,38-41,43-44,47,50,70H,17-18,20,22,26-31,61H2,1-7H3,(H,64,73)(H,65,74)(H,66,72)/t38?,39?,41-,43+,44+,47-/m1/s1. The number of aliphatic imine (C=N–C) groups is 1. The Labute approximate surface area is 443 Å². The quantitative estimate of drug-likeness (QED) is 0.0229. The van der Waals surface area contributed by atoms with Crippen molar-refractivity contribution in [3.63, 3.8) is 0 Å². The third-order valence-electron chi connectivity index (χ3n) is 14.3. The second-order valence-electron chi connectivity index (χ2n) is 21.0. The summed E-state index contributed by atoms with van der Waals surface area (Å²) in [5.74, 6) is 2.27. The molecule has 3 amide bonds. The molecular formula is C54H67F6N9O8. The third kappa shape index (κ3) is 15.5. The number of piperazine rings is 1. The predicted molar refractivity (Wildman–Crippen MR) is 274 cm³/mol. The Kier molecular flexibility index (Phi) is 19.8. The van der Waals surface area contributed by atoms with Gasteiger partial charge in [-0.15, -0.1) is 0 Å². The van der Waals surface area contributed by atoms with Gasteiger partial charge in [-0.25, -0.2) is 24.2 Å². The number of pyridine rings is 1. The van der Waals surface area contributed by atoms with E-state index in [1.807, 2.05) is 17.4 Å². The van der Waals surface area contributed by atoms with Crippen LogP contribution in [0.15, 0.2) is 72.0 Å². The molecule has 3 aromatic rings. The predicted octanol–water partition coefficient (Wildman–Crippen LogP) is 5.73. The largest absolute Gasteiger partial charge is 0.469 e. The average molecular weight is 1080 g/mol. The molecule has 3 aliphatic rings. The maximum Gasteiger partial charge on any atom is 0.407 e. The molecule has 2 aromatic carbocycles. The second kappa shape index (κ2) is 25.6. The number of benzene rings is 2. The first-order valence-corrected chi connectivity index (χ1v) is 25.0. The van der Waals surface area contributed by atoms with Crippen LogP contribution in [0.3, 0.4) is 0 Å². The molecule has 3 saturated heterocycles. The molecule has 6 rings (SSSR count). The molecule has 6 N–H and O–H groups in total. The summed E-state index contributed by atoms with van der Waals surface area (Å²) in [6.45, 7) is 5.59. The minimum Gasteiger partial charge on any atom is -0.469 e. The fourth-order valence-corrected chi connectivity index (χ4v) is 9.54. The lowest BCUT2D eigenvalue weighted by Gasteiger charge is -2.47. The number of amides is 3. The number of esters is 1. The van der Waals surface area contributed by atoms with Gasteiger partial charge in [-0.05, 0) is 80.0 Å². The highest BCUT2D eigenvalue weighted by Crippen LogP contribution is 2.41. The highest BCUT2D eigenvalue weighted by atomic mass is 19.4. The monoisotopic (exact) mass is 1080 g/mol. The van der Waals surface area contributed by atoms with Crippen LogP contribution in [0, 0.1) is 34.4 Å². The number of allylic oxidation sites excluding steroid dienone is 1. The van der Waals surface area contributed by atoms with Gasteiger partial charge in [-0.1, -0.05) is 56.9 Å². The summed E-state index contributed by atoms with van der Waals surface area (Å²) in [6.07, 6.45) is -3.11. The summed E-state index contributed by atoms with van der Waals surface area (Å²) in [5, 5.41) is 17.7. The van der Waals surface area contributed by atoms with Crippen LogP contribution in [0.1, 0.15) is 81.7 Å². The van der Waals surface area contributed by atoms with Gasteiger partial charge in [-0.2, -0.15) is 22.0 Å². The number of alkyl carbamates (subject to hydrolysis) is 1. The van der Waals surface area contributed by atoms with Gasteiger partial charge in [-0.3, -0.25) is 24.7 Å². The Bertz CT molecular complexity index is 2660. The van der Waals surface area contributed by atoms with Crippen LogP contribution < -0.4 is 26.7 Å². The van der Waals surface area contributed by atoms with Crippen LogP contribution in [0.25, 0.3) is 5.57 Å². The van der Waals surface area contributed by atoms with Crippen molar-refractivity contribution in [3.8, 4) is 11.8 Å². The highest BCUT2D eigenvalue weighted by molar-refractivity contribution is 6.09. The minimum atomic E-state index is -5.05.